The van der Waals surface area contributed by atoms with Crippen molar-refractivity contribution in [3.05, 3.63) is 58.9 Å². The summed E-state index contributed by atoms with van der Waals surface area (Å²) in [5.74, 6) is -0.773. The van der Waals surface area contributed by atoms with Crippen molar-refractivity contribution in [1.82, 2.24) is 9.21 Å². The number of carbonyl (C=O) groups excluding carboxylic acids is 1. The summed E-state index contributed by atoms with van der Waals surface area (Å²) in [4.78, 5) is 13.7. The molecule has 0 spiro atoms. The van der Waals surface area contributed by atoms with Crippen molar-refractivity contribution < 1.29 is 17.6 Å². The van der Waals surface area contributed by atoms with Crippen molar-refractivity contribution in [2.45, 2.75) is 18.2 Å². The quantitative estimate of drug-likeness (QED) is 0.814. The normalized spacial score (nSPS) is 15.9. The summed E-state index contributed by atoms with van der Waals surface area (Å²) < 4.78 is 41.1. The summed E-state index contributed by atoms with van der Waals surface area (Å²) >= 11 is 5.92. The molecule has 1 N–H and O–H groups in total. The number of benzene rings is 2. The van der Waals surface area contributed by atoms with Gasteiger partial charge in [0.15, 0.2) is 0 Å². The van der Waals surface area contributed by atoms with Gasteiger partial charge in [0, 0.05) is 36.9 Å². The molecule has 0 atom stereocenters. The minimum atomic E-state index is -3.97. The van der Waals surface area contributed by atoms with Crippen LogP contribution in [0, 0.1) is 12.7 Å². The second kappa shape index (κ2) is 8.46. The molecule has 0 saturated carbocycles. The molecule has 3 rings (SSSR count). The van der Waals surface area contributed by atoms with Gasteiger partial charge in [0.05, 0.1) is 0 Å². The number of aryl methyl sites for hydroxylation is 1. The van der Waals surface area contributed by atoms with Gasteiger partial charge in [-0.25, -0.2) is 17.6 Å². The lowest BCUT2D eigenvalue weighted by Crippen LogP contribution is -2.39. The van der Waals surface area contributed by atoms with Gasteiger partial charge in [0.1, 0.15) is 10.7 Å². The molecule has 9 heteroatoms. The maximum absolute atomic E-state index is 14.1. The monoisotopic (exact) mass is 425 g/mol. The zero-order chi connectivity index (χ0) is 20.3. The van der Waals surface area contributed by atoms with Gasteiger partial charge < -0.3 is 10.2 Å². The van der Waals surface area contributed by atoms with Crippen LogP contribution in [0.4, 0.5) is 14.9 Å². The molecule has 0 bridgehead atoms. The first-order chi connectivity index (χ1) is 13.3. The standard InChI is InChI=1S/C19H21ClFN3O3S/c1-14-6-7-17(21)18(12-14)28(26,27)24-9-3-8-23(10-11-24)19(25)22-16-5-2-4-15(20)13-16/h2,4-7,12-13H,3,8-11H2,1H3,(H,22,25). The first-order valence-corrected chi connectivity index (χ1v) is 10.7. The van der Waals surface area contributed by atoms with Gasteiger partial charge in [0.2, 0.25) is 10.0 Å². The molecular formula is C19H21ClFN3O3S. The highest BCUT2D eigenvalue weighted by Crippen LogP contribution is 2.22. The van der Waals surface area contributed by atoms with E-state index in [1.54, 1.807) is 36.1 Å². The fourth-order valence-electron chi connectivity index (χ4n) is 3.05. The van der Waals surface area contributed by atoms with Crippen molar-refractivity contribution in [1.29, 1.82) is 0 Å². The molecule has 0 unspecified atom stereocenters. The topological polar surface area (TPSA) is 69.7 Å². The molecule has 2 aromatic carbocycles. The molecule has 1 heterocycles. The Morgan fingerprint density at radius 3 is 2.64 bits per heavy atom. The second-order valence-electron chi connectivity index (χ2n) is 6.62. The number of amides is 2. The Morgan fingerprint density at radius 1 is 1.11 bits per heavy atom. The van der Waals surface area contributed by atoms with E-state index in [4.69, 9.17) is 11.6 Å². The lowest BCUT2D eigenvalue weighted by atomic mass is 10.2. The number of hydrogen-bond donors (Lipinski definition) is 1. The first kappa shape index (κ1) is 20.6. The van der Waals surface area contributed by atoms with Crippen LogP contribution >= 0.6 is 11.6 Å². The Hall–Kier alpha value is -2.16. The highest BCUT2D eigenvalue weighted by molar-refractivity contribution is 7.89. The van der Waals surface area contributed by atoms with Crippen LogP contribution in [0.1, 0.15) is 12.0 Å². The van der Waals surface area contributed by atoms with Crippen molar-refractivity contribution in [3.8, 4) is 0 Å². The number of urea groups is 1. The van der Waals surface area contributed by atoms with Gasteiger partial charge in [-0.15, -0.1) is 0 Å². The fraction of sp³-hybridized carbons (Fsp3) is 0.316. The number of halogens is 2. The number of hydrogen-bond acceptors (Lipinski definition) is 3. The average Bonchev–Trinajstić information content (AvgIpc) is 2.90. The van der Waals surface area contributed by atoms with Crippen LogP contribution in [-0.4, -0.2) is 49.8 Å². The van der Waals surface area contributed by atoms with Gasteiger partial charge in [-0.05, 0) is 49.2 Å². The number of nitrogens with zero attached hydrogens (tertiary/aromatic N) is 2. The summed E-state index contributed by atoms with van der Waals surface area (Å²) in [5, 5.41) is 3.26. The summed E-state index contributed by atoms with van der Waals surface area (Å²) in [7, 11) is -3.97. The van der Waals surface area contributed by atoms with Crippen LogP contribution in [0.5, 0.6) is 0 Å². The van der Waals surface area contributed by atoms with E-state index in [-0.39, 0.29) is 30.6 Å². The Bertz CT molecular complexity index is 984. The highest BCUT2D eigenvalue weighted by Gasteiger charge is 2.30. The van der Waals surface area contributed by atoms with Gasteiger partial charge in [-0.2, -0.15) is 4.31 Å². The fourth-order valence-corrected chi connectivity index (χ4v) is 4.86. The Morgan fingerprint density at radius 2 is 1.89 bits per heavy atom. The molecule has 0 aromatic heterocycles. The van der Waals surface area contributed by atoms with Crippen molar-refractivity contribution in [3.63, 3.8) is 0 Å². The third-order valence-electron chi connectivity index (χ3n) is 4.52. The molecule has 2 aromatic rings. The van der Waals surface area contributed by atoms with E-state index in [0.29, 0.717) is 29.2 Å². The Balaban J connectivity index is 1.70. The van der Waals surface area contributed by atoms with Crippen molar-refractivity contribution in [2.24, 2.45) is 0 Å². The van der Waals surface area contributed by atoms with Crippen LogP contribution in [-0.2, 0) is 10.0 Å². The predicted octanol–water partition coefficient (Wildman–Crippen LogP) is 3.72. The van der Waals surface area contributed by atoms with E-state index in [1.165, 1.54) is 16.4 Å². The van der Waals surface area contributed by atoms with Gasteiger partial charge >= 0.3 is 6.03 Å². The van der Waals surface area contributed by atoms with E-state index < -0.39 is 15.8 Å². The number of rotatable bonds is 3. The van der Waals surface area contributed by atoms with Crippen LogP contribution in [0.15, 0.2) is 47.4 Å². The van der Waals surface area contributed by atoms with E-state index >= 15 is 0 Å². The zero-order valence-electron chi connectivity index (χ0n) is 15.4. The van der Waals surface area contributed by atoms with Crippen LogP contribution in [0.2, 0.25) is 5.02 Å². The molecular weight excluding hydrogens is 405 g/mol. The van der Waals surface area contributed by atoms with E-state index in [1.807, 2.05) is 0 Å². The van der Waals surface area contributed by atoms with E-state index in [0.717, 1.165) is 6.07 Å². The molecule has 1 aliphatic rings. The molecule has 2 amide bonds. The smallest absolute Gasteiger partial charge is 0.321 e. The molecule has 1 saturated heterocycles. The van der Waals surface area contributed by atoms with Crippen molar-refractivity contribution >= 4 is 33.3 Å². The minimum absolute atomic E-state index is 0.0959. The number of carbonyl (C=O) groups is 1. The Labute approximate surface area is 168 Å². The minimum Gasteiger partial charge on any atom is -0.323 e. The summed E-state index contributed by atoms with van der Waals surface area (Å²) in [5.41, 5.74) is 1.23. The van der Waals surface area contributed by atoms with Crippen molar-refractivity contribution in [2.75, 3.05) is 31.5 Å². The summed E-state index contributed by atoms with van der Waals surface area (Å²) in [6.07, 6.45) is 0.454. The molecule has 6 nitrogen and oxygen atoms in total. The average molecular weight is 426 g/mol. The van der Waals surface area contributed by atoms with Crippen LogP contribution in [0.3, 0.4) is 0 Å². The number of sulfonamides is 1. The number of anilines is 1. The third-order valence-corrected chi connectivity index (χ3v) is 6.67. The van der Waals surface area contributed by atoms with Crippen LogP contribution in [0.25, 0.3) is 0 Å². The predicted molar refractivity (Wildman–Crippen MR) is 107 cm³/mol. The molecule has 1 aliphatic heterocycles. The Kier molecular flexibility index (Phi) is 6.22. The highest BCUT2D eigenvalue weighted by atomic mass is 35.5. The molecule has 0 aliphatic carbocycles. The lowest BCUT2D eigenvalue weighted by molar-refractivity contribution is 0.214. The lowest BCUT2D eigenvalue weighted by Gasteiger charge is -2.22. The number of nitrogens with one attached hydrogen (secondary N) is 1. The zero-order valence-corrected chi connectivity index (χ0v) is 16.9. The third kappa shape index (κ3) is 4.63. The summed E-state index contributed by atoms with van der Waals surface area (Å²) in [6.45, 7) is 2.63. The van der Waals surface area contributed by atoms with Gasteiger partial charge in [-0.1, -0.05) is 23.7 Å². The largest absolute Gasteiger partial charge is 0.323 e. The molecule has 1 fully saturated rings. The maximum atomic E-state index is 14.1. The van der Waals surface area contributed by atoms with E-state index in [9.17, 15) is 17.6 Å². The van der Waals surface area contributed by atoms with Gasteiger partial charge in [0.25, 0.3) is 0 Å². The van der Waals surface area contributed by atoms with Crippen LogP contribution < -0.4 is 5.32 Å². The molecule has 0 radical (unpaired) electrons. The summed E-state index contributed by atoms with van der Waals surface area (Å²) in [6, 6.07) is 10.5. The molecule has 150 valence electrons. The first-order valence-electron chi connectivity index (χ1n) is 8.85. The molecule has 28 heavy (non-hydrogen) atoms. The van der Waals surface area contributed by atoms with E-state index in [2.05, 4.69) is 5.32 Å². The van der Waals surface area contributed by atoms with Gasteiger partial charge in [-0.3, -0.25) is 0 Å². The maximum Gasteiger partial charge on any atom is 0.321 e. The second-order valence-corrected chi connectivity index (χ2v) is 8.96. The SMILES string of the molecule is Cc1ccc(F)c(S(=O)(=O)N2CCCN(C(=O)Nc3cccc(Cl)c3)CC2)c1.